The van der Waals surface area contributed by atoms with Crippen molar-refractivity contribution < 1.29 is 4.74 Å². The van der Waals surface area contributed by atoms with Gasteiger partial charge in [0.05, 0.1) is 0 Å². The third-order valence-electron chi connectivity index (χ3n) is 4.04. The summed E-state index contributed by atoms with van der Waals surface area (Å²) in [7, 11) is 0. The zero-order valence-electron chi connectivity index (χ0n) is 10.8. The molecule has 0 aromatic carbocycles. The number of nitrogens with zero attached hydrogens (tertiary/aromatic N) is 1. The van der Waals surface area contributed by atoms with Gasteiger partial charge in [-0.15, -0.1) is 12.4 Å². The topological polar surface area (TPSA) is 38.5 Å². The summed E-state index contributed by atoms with van der Waals surface area (Å²) in [5.41, 5.74) is 5.65. The van der Waals surface area contributed by atoms with Gasteiger partial charge in [0, 0.05) is 26.3 Å². The van der Waals surface area contributed by atoms with E-state index in [1.54, 1.807) is 0 Å². The first-order chi connectivity index (χ1) is 7.88. The van der Waals surface area contributed by atoms with E-state index in [-0.39, 0.29) is 12.4 Å². The van der Waals surface area contributed by atoms with Crippen molar-refractivity contribution in [2.75, 3.05) is 39.4 Å². The van der Waals surface area contributed by atoms with Crippen LogP contribution in [0.5, 0.6) is 0 Å². The third-order valence-corrected chi connectivity index (χ3v) is 4.04. The van der Waals surface area contributed by atoms with E-state index < -0.39 is 0 Å². The quantitative estimate of drug-likeness (QED) is 0.841. The van der Waals surface area contributed by atoms with E-state index in [0.717, 1.165) is 31.6 Å². The molecule has 1 unspecified atom stereocenters. The maximum absolute atomic E-state index is 5.65. The van der Waals surface area contributed by atoms with E-state index in [2.05, 4.69) is 4.90 Å². The maximum Gasteiger partial charge on any atom is 0.0469 e. The number of ether oxygens (including phenoxy) is 1. The normalized spacial score (nSPS) is 27.7. The molecule has 2 saturated heterocycles. The minimum Gasteiger partial charge on any atom is -0.381 e. The number of hydrogen-bond donors (Lipinski definition) is 1. The van der Waals surface area contributed by atoms with Crippen LogP contribution in [0.25, 0.3) is 0 Å². The summed E-state index contributed by atoms with van der Waals surface area (Å²) in [6.45, 7) is 6.70. The molecule has 2 aliphatic heterocycles. The molecule has 1 atom stereocenters. The van der Waals surface area contributed by atoms with E-state index in [1.807, 2.05) is 0 Å². The van der Waals surface area contributed by atoms with Crippen LogP contribution in [0.4, 0.5) is 0 Å². The first-order valence-corrected chi connectivity index (χ1v) is 6.88. The minimum absolute atomic E-state index is 0. The van der Waals surface area contributed by atoms with Crippen molar-refractivity contribution in [3.8, 4) is 0 Å². The molecule has 2 fully saturated rings. The largest absolute Gasteiger partial charge is 0.381 e. The van der Waals surface area contributed by atoms with Gasteiger partial charge >= 0.3 is 0 Å². The highest BCUT2D eigenvalue weighted by molar-refractivity contribution is 5.85. The van der Waals surface area contributed by atoms with E-state index in [9.17, 15) is 0 Å². The predicted molar refractivity (Wildman–Crippen MR) is 73.6 cm³/mol. The van der Waals surface area contributed by atoms with Gasteiger partial charge in [-0.05, 0) is 57.0 Å². The lowest BCUT2D eigenvalue weighted by molar-refractivity contribution is 0.0449. The highest BCUT2D eigenvalue weighted by Gasteiger charge is 2.22. The molecule has 0 bridgehead atoms. The minimum atomic E-state index is 0. The van der Waals surface area contributed by atoms with Crippen LogP contribution in [-0.2, 0) is 4.74 Å². The fourth-order valence-electron chi connectivity index (χ4n) is 3.08. The maximum atomic E-state index is 5.65. The summed E-state index contributed by atoms with van der Waals surface area (Å²) < 4.78 is 5.41. The summed E-state index contributed by atoms with van der Waals surface area (Å²) in [6.07, 6.45) is 6.50. The lowest BCUT2D eigenvalue weighted by atomic mass is 9.92. The molecule has 3 nitrogen and oxygen atoms in total. The van der Waals surface area contributed by atoms with E-state index in [4.69, 9.17) is 10.5 Å². The number of likely N-dealkylation sites (tertiary alicyclic amines) is 1. The Morgan fingerprint density at radius 3 is 2.59 bits per heavy atom. The lowest BCUT2D eigenvalue weighted by Crippen LogP contribution is -2.40. The molecule has 2 rings (SSSR count). The Labute approximate surface area is 111 Å². The second-order valence-electron chi connectivity index (χ2n) is 5.40. The van der Waals surface area contributed by atoms with Crippen molar-refractivity contribution in [3.63, 3.8) is 0 Å². The Morgan fingerprint density at radius 1 is 1.12 bits per heavy atom. The molecule has 0 spiro atoms. The van der Waals surface area contributed by atoms with Crippen LogP contribution in [-0.4, -0.2) is 44.3 Å². The zero-order valence-corrected chi connectivity index (χ0v) is 11.6. The fraction of sp³-hybridized carbons (Fsp3) is 1.00. The molecule has 0 radical (unpaired) electrons. The Bertz CT molecular complexity index is 196. The van der Waals surface area contributed by atoms with Gasteiger partial charge in [-0.25, -0.2) is 0 Å². The Balaban J connectivity index is 0.00000144. The second kappa shape index (κ2) is 8.30. The van der Waals surface area contributed by atoms with E-state index in [0.29, 0.717) is 0 Å². The zero-order chi connectivity index (χ0) is 11.2. The van der Waals surface area contributed by atoms with Crippen LogP contribution in [0.15, 0.2) is 0 Å². The highest BCUT2D eigenvalue weighted by Crippen LogP contribution is 2.22. The predicted octanol–water partition coefficient (Wildman–Crippen LogP) is 1.90. The van der Waals surface area contributed by atoms with Crippen LogP contribution < -0.4 is 5.73 Å². The van der Waals surface area contributed by atoms with Crippen LogP contribution >= 0.6 is 12.4 Å². The number of hydrogen-bond acceptors (Lipinski definition) is 3. The molecule has 2 N–H and O–H groups in total. The lowest BCUT2D eigenvalue weighted by Gasteiger charge is -2.36. The molecular formula is C13H27ClN2O. The summed E-state index contributed by atoms with van der Waals surface area (Å²) in [5, 5.41) is 0. The fourth-order valence-corrected chi connectivity index (χ4v) is 3.08. The molecule has 0 amide bonds. The summed E-state index contributed by atoms with van der Waals surface area (Å²) in [6, 6.07) is 0. The molecule has 2 aliphatic rings. The van der Waals surface area contributed by atoms with Gasteiger partial charge in [0.2, 0.25) is 0 Å². The summed E-state index contributed by atoms with van der Waals surface area (Å²) >= 11 is 0. The number of nitrogens with two attached hydrogens (primary N) is 1. The van der Waals surface area contributed by atoms with Crippen molar-refractivity contribution >= 4 is 12.4 Å². The molecule has 4 heteroatoms. The molecule has 0 saturated carbocycles. The molecule has 0 aliphatic carbocycles. The van der Waals surface area contributed by atoms with Crippen molar-refractivity contribution in [1.82, 2.24) is 4.90 Å². The molecular weight excluding hydrogens is 236 g/mol. The van der Waals surface area contributed by atoms with E-state index in [1.165, 1.54) is 51.7 Å². The van der Waals surface area contributed by atoms with Gasteiger partial charge in [0.15, 0.2) is 0 Å². The number of halogens is 1. The SMILES string of the molecule is Cl.NCCC1CCCN(CC2CCOCC2)C1. The Morgan fingerprint density at radius 2 is 1.88 bits per heavy atom. The van der Waals surface area contributed by atoms with E-state index >= 15 is 0 Å². The number of piperidine rings is 1. The first-order valence-electron chi connectivity index (χ1n) is 6.88. The van der Waals surface area contributed by atoms with Gasteiger partial charge in [-0.2, -0.15) is 0 Å². The monoisotopic (exact) mass is 262 g/mol. The van der Waals surface area contributed by atoms with Crippen LogP contribution in [0.2, 0.25) is 0 Å². The molecule has 2 heterocycles. The second-order valence-corrected chi connectivity index (χ2v) is 5.40. The number of rotatable bonds is 4. The van der Waals surface area contributed by atoms with Crippen LogP contribution in [0.3, 0.4) is 0 Å². The Hall–Kier alpha value is 0.170. The summed E-state index contributed by atoms with van der Waals surface area (Å²) in [5.74, 6) is 1.74. The van der Waals surface area contributed by atoms with Crippen LogP contribution in [0.1, 0.15) is 32.1 Å². The van der Waals surface area contributed by atoms with Crippen molar-refractivity contribution in [2.24, 2.45) is 17.6 Å². The first kappa shape index (κ1) is 15.2. The smallest absolute Gasteiger partial charge is 0.0469 e. The van der Waals surface area contributed by atoms with Gasteiger partial charge in [0.1, 0.15) is 0 Å². The standard InChI is InChI=1S/C13H26N2O.ClH/c14-6-3-12-2-1-7-15(10-12)11-13-4-8-16-9-5-13;/h12-13H,1-11,14H2;1H. The summed E-state index contributed by atoms with van der Waals surface area (Å²) in [4.78, 5) is 2.67. The third kappa shape index (κ3) is 5.12. The van der Waals surface area contributed by atoms with Gasteiger partial charge in [0.25, 0.3) is 0 Å². The van der Waals surface area contributed by atoms with Gasteiger partial charge < -0.3 is 15.4 Å². The Kier molecular flexibility index (Phi) is 7.44. The highest BCUT2D eigenvalue weighted by atomic mass is 35.5. The van der Waals surface area contributed by atoms with Crippen molar-refractivity contribution in [3.05, 3.63) is 0 Å². The average Bonchev–Trinajstić information content (AvgIpc) is 2.31. The molecule has 17 heavy (non-hydrogen) atoms. The average molecular weight is 263 g/mol. The molecule has 0 aromatic rings. The van der Waals surface area contributed by atoms with Crippen molar-refractivity contribution in [2.45, 2.75) is 32.1 Å². The molecule has 0 aromatic heterocycles. The van der Waals surface area contributed by atoms with Crippen molar-refractivity contribution in [1.29, 1.82) is 0 Å². The molecule has 102 valence electrons. The van der Waals surface area contributed by atoms with Gasteiger partial charge in [-0.1, -0.05) is 0 Å². The van der Waals surface area contributed by atoms with Gasteiger partial charge in [-0.3, -0.25) is 0 Å². The van der Waals surface area contributed by atoms with Crippen LogP contribution in [0, 0.1) is 11.8 Å².